The summed E-state index contributed by atoms with van der Waals surface area (Å²) in [5.41, 5.74) is 0.499. The SMILES string of the molecule is CCC1(CNC(=NC)N2CCC(OCCCOC)CC2)CCCC1. The zero-order valence-corrected chi connectivity index (χ0v) is 16.0. The largest absolute Gasteiger partial charge is 0.385 e. The van der Waals surface area contributed by atoms with Crippen molar-refractivity contribution in [1.82, 2.24) is 10.2 Å². The van der Waals surface area contributed by atoms with Gasteiger partial charge in [0.2, 0.25) is 0 Å². The molecule has 0 aromatic rings. The highest BCUT2D eigenvalue weighted by Crippen LogP contribution is 2.40. The first kappa shape index (κ1) is 19.5. The monoisotopic (exact) mass is 339 g/mol. The van der Waals surface area contributed by atoms with Gasteiger partial charge in [-0.15, -0.1) is 0 Å². The maximum atomic E-state index is 5.95. The van der Waals surface area contributed by atoms with Gasteiger partial charge in [0.25, 0.3) is 0 Å². The fraction of sp³-hybridized carbons (Fsp3) is 0.947. The summed E-state index contributed by atoms with van der Waals surface area (Å²) in [6, 6.07) is 0. The van der Waals surface area contributed by atoms with Crippen LogP contribution in [0.25, 0.3) is 0 Å². The molecule has 0 radical (unpaired) electrons. The van der Waals surface area contributed by atoms with Crippen LogP contribution in [0, 0.1) is 5.41 Å². The Morgan fingerprint density at radius 3 is 2.50 bits per heavy atom. The highest BCUT2D eigenvalue weighted by atomic mass is 16.5. The number of likely N-dealkylation sites (tertiary alicyclic amines) is 1. The Balaban J connectivity index is 1.71. The van der Waals surface area contributed by atoms with Crippen LogP contribution in [0.15, 0.2) is 4.99 Å². The smallest absolute Gasteiger partial charge is 0.193 e. The minimum absolute atomic E-state index is 0.396. The molecule has 140 valence electrons. The van der Waals surface area contributed by atoms with Crippen LogP contribution in [0.4, 0.5) is 0 Å². The van der Waals surface area contributed by atoms with Gasteiger partial charge >= 0.3 is 0 Å². The van der Waals surface area contributed by atoms with Gasteiger partial charge in [0.1, 0.15) is 0 Å². The topological polar surface area (TPSA) is 46.1 Å². The Hall–Kier alpha value is -0.810. The van der Waals surface area contributed by atoms with Crippen molar-refractivity contribution in [3.8, 4) is 0 Å². The molecule has 0 aromatic heterocycles. The molecule has 1 aliphatic carbocycles. The second-order valence-electron chi connectivity index (χ2n) is 7.36. The van der Waals surface area contributed by atoms with Crippen molar-refractivity contribution in [2.24, 2.45) is 10.4 Å². The molecule has 2 fully saturated rings. The normalized spacial score (nSPS) is 22.1. The van der Waals surface area contributed by atoms with Crippen molar-refractivity contribution in [3.05, 3.63) is 0 Å². The van der Waals surface area contributed by atoms with Crippen molar-refractivity contribution in [2.75, 3.05) is 47.0 Å². The Labute approximate surface area is 148 Å². The molecule has 0 unspecified atom stereocenters. The van der Waals surface area contributed by atoms with E-state index < -0.39 is 0 Å². The number of aliphatic imine (C=N–C) groups is 1. The third-order valence-corrected chi connectivity index (χ3v) is 5.84. The van der Waals surface area contributed by atoms with Crippen LogP contribution in [-0.4, -0.2) is 64.0 Å². The zero-order valence-electron chi connectivity index (χ0n) is 16.0. The van der Waals surface area contributed by atoms with Crippen molar-refractivity contribution >= 4 is 5.96 Å². The zero-order chi connectivity index (χ0) is 17.3. The van der Waals surface area contributed by atoms with Gasteiger partial charge in [-0.3, -0.25) is 4.99 Å². The molecule has 5 heteroatoms. The van der Waals surface area contributed by atoms with E-state index >= 15 is 0 Å². The van der Waals surface area contributed by atoms with E-state index in [0.29, 0.717) is 11.5 Å². The summed E-state index contributed by atoms with van der Waals surface area (Å²) >= 11 is 0. The van der Waals surface area contributed by atoms with Gasteiger partial charge in [-0.05, 0) is 43.9 Å². The molecular formula is C19H37N3O2. The van der Waals surface area contributed by atoms with E-state index in [9.17, 15) is 0 Å². The molecule has 1 saturated heterocycles. The molecule has 0 aromatic carbocycles. The fourth-order valence-electron chi connectivity index (χ4n) is 4.07. The Bertz CT molecular complexity index is 373. The number of nitrogens with one attached hydrogen (secondary N) is 1. The van der Waals surface area contributed by atoms with Gasteiger partial charge in [-0.1, -0.05) is 19.8 Å². The lowest BCUT2D eigenvalue weighted by atomic mass is 9.83. The minimum Gasteiger partial charge on any atom is -0.385 e. The summed E-state index contributed by atoms with van der Waals surface area (Å²) in [6.45, 7) is 7.08. The number of nitrogens with zero attached hydrogens (tertiary/aromatic N) is 2. The number of ether oxygens (including phenoxy) is 2. The summed E-state index contributed by atoms with van der Waals surface area (Å²) < 4.78 is 11.0. The van der Waals surface area contributed by atoms with Crippen LogP contribution in [0.2, 0.25) is 0 Å². The second kappa shape index (κ2) is 10.2. The lowest BCUT2D eigenvalue weighted by Crippen LogP contribution is -2.49. The van der Waals surface area contributed by atoms with E-state index in [1.807, 2.05) is 7.05 Å². The number of methoxy groups -OCH3 is 1. The summed E-state index contributed by atoms with van der Waals surface area (Å²) in [6.07, 6.45) is 10.3. The molecule has 2 aliphatic rings. The number of hydrogen-bond donors (Lipinski definition) is 1. The van der Waals surface area contributed by atoms with Gasteiger partial charge in [-0.25, -0.2) is 0 Å². The molecule has 1 N–H and O–H groups in total. The standard InChI is InChI=1S/C19H37N3O2/c1-4-19(10-5-6-11-19)16-21-18(20-2)22-12-8-17(9-13-22)24-15-7-14-23-3/h17H,4-16H2,1-3H3,(H,20,21). The molecular weight excluding hydrogens is 302 g/mol. The van der Waals surface area contributed by atoms with Crippen molar-refractivity contribution in [2.45, 2.75) is 64.4 Å². The summed E-state index contributed by atoms with van der Waals surface area (Å²) in [4.78, 5) is 6.92. The molecule has 1 aliphatic heterocycles. The van der Waals surface area contributed by atoms with Crippen LogP contribution in [0.1, 0.15) is 58.3 Å². The van der Waals surface area contributed by atoms with Crippen LogP contribution < -0.4 is 5.32 Å². The molecule has 1 saturated carbocycles. The number of hydrogen-bond acceptors (Lipinski definition) is 3. The average molecular weight is 340 g/mol. The lowest BCUT2D eigenvalue weighted by Gasteiger charge is -2.36. The van der Waals surface area contributed by atoms with Crippen molar-refractivity contribution < 1.29 is 9.47 Å². The van der Waals surface area contributed by atoms with Crippen molar-refractivity contribution in [1.29, 1.82) is 0 Å². The average Bonchev–Trinajstić information content (AvgIpc) is 3.10. The van der Waals surface area contributed by atoms with Gasteiger partial charge in [0, 0.05) is 47.0 Å². The maximum absolute atomic E-state index is 5.95. The van der Waals surface area contributed by atoms with E-state index in [-0.39, 0.29) is 0 Å². The highest BCUT2D eigenvalue weighted by Gasteiger charge is 2.32. The summed E-state index contributed by atoms with van der Waals surface area (Å²) in [7, 11) is 3.65. The Morgan fingerprint density at radius 2 is 1.92 bits per heavy atom. The maximum Gasteiger partial charge on any atom is 0.193 e. The van der Waals surface area contributed by atoms with Gasteiger partial charge in [-0.2, -0.15) is 0 Å². The first-order valence-corrected chi connectivity index (χ1v) is 9.79. The second-order valence-corrected chi connectivity index (χ2v) is 7.36. The van der Waals surface area contributed by atoms with E-state index in [1.165, 1.54) is 32.1 Å². The molecule has 0 atom stereocenters. The number of guanidine groups is 1. The van der Waals surface area contributed by atoms with Gasteiger partial charge in [0.05, 0.1) is 6.10 Å². The predicted molar refractivity (Wildman–Crippen MR) is 99.6 cm³/mol. The Morgan fingerprint density at radius 1 is 1.21 bits per heavy atom. The number of piperidine rings is 1. The van der Waals surface area contributed by atoms with E-state index in [0.717, 1.165) is 58.1 Å². The van der Waals surface area contributed by atoms with Gasteiger partial charge in [0.15, 0.2) is 5.96 Å². The van der Waals surface area contributed by atoms with Crippen LogP contribution >= 0.6 is 0 Å². The van der Waals surface area contributed by atoms with E-state index in [2.05, 4.69) is 22.1 Å². The van der Waals surface area contributed by atoms with Crippen molar-refractivity contribution in [3.63, 3.8) is 0 Å². The van der Waals surface area contributed by atoms with Crippen LogP contribution in [0.3, 0.4) is 0 Å². The molecule has 0 amide bonds. The summed E-state index contributed by atoms with van der Waals surface area (Å²) in [5, 5.41) is 3.67. The molecule has 0 bridgehead atoms. The minimum atomic E-state index is 0.396. The molecule has 0 spiro atoms. The fourth-order valence-corrected chi connectivity index (χ4v) is 4.07. The molecule has 5 nitrogen and oxygen atoms in total. The Kier molecular flexibility index (Phi) is 8.33. The van der Waals surface area contributed by atoms with E-state index in [4.69, 9.17) is 9.47 Å². The quantitative estimate of drug-likeness (QED) is 0.419. The third kappa shape index (κ3) is 5.62. The highest BCUT2D eigenvalue weighted by molar-refractivity contribution is 5.80. The molecule has 1 heterocycles. The van der Waals surface area contributed by atoms with E-state index in [1.54, 1.807) is 7.11 Å². The summed E-state index contributed by atoms with van der Waals surface area (Å²) in [5.74, 6) is 1.08. The number of rotatable bonds is 8. The molecule has 2 rings (SSSR count). The first-order chi connectivity index (χ1) is 11.7. The van der Waals surface area contributed by atoms with Crippen LogP contribution in [0.5, 0.6) is 0 Å². The van der Waals surface area contributed by atoms with Crippen LogP contribution in [-0.2, 0) is 9.47 Å². The first-order valence-electron chi connectivity index (χ1n) is 9.79. The molecule has 24 heavy (non-hydrogen) atoms. The van der Waals surface area contributed by atoms with Gasteiger partial charge < -0.3 is 19.7 Å². The lowest BCUT2D eigenvalue weighted by molar-refractivity contribution is 0.00982. The predicted octanol–water partition coefficient (Wildman–Crippen LogP) is 3.05. The third-order valence-electron chi connectivity index (χ3n) is 5.84.